The van der Waals surface area contributed by atoms with E-state index in [1.165, 1.54) is 38.5 Å². The number of nitrogens with one attached hydrogen (secondary N) is 1. The lowest BCUT2D eigenvalue weighted by molar-refractivity contribution is -0.161. The molecule has 180 valence electrons. The molecule has 0 bridgehead atoms. The van der Waals surface area contributed by atoms with Crippen LogP contribution >= 0.6 is 0 Å². The van der Waals surface area contributed by atoms with Crippen molar-refractivity contribution in [1.82, 2.24) is 5.32 Å². The molecular weight excluding hydrogens is 414 g/mol. The minimum Gasteiger partial charge on any atom is -0.508 e. The summed E-state index contributed by atoms with van der Waals surface area (Å²) < 4.78 is 5.17. The standard InChI is InChI=1S/C28H39NO4/c1-2-3-4-5-6-7-8-9-13-20-27(31)33-28(32)25(21-23-16-11-10-12-17-23)29-22-24-18-14-15-19-26(24)30/h10-12,14-19,25,29-30H,2-9,13,20-22H2,1H3/t25-/m0/s1. The van der Waals surface area contributed by atoms with Gasteiger partial charge in [-0.1, -0.05) is 107 Å². The maximum atomic E-state index is 12.8. The number of phenolic OH excluding ortho intramolecular Hbond substituents is 1. The Labute approximate surface area is 198 Å². The number of ether oxygens (including phenoxy) is 1. The number of esters is 2. The number of unbranched alkanes of at least 4 members (excludes halogenated alkanes) is 8. The van der Waals surface area contributed by atoms with E-state index in [2.05, 4.69) is 12.2 Å². The van der Waals surface area contributed by atoms with Crippen LogP contribution in [-0.4, -0.2) is 23.1 Å². The molecule has 0 aliphatic carbocycles. The van der Waals surface area contributed by atoms with Crippen LogP contribution in [0.25, 0.3) is 0 Å². The second kappa shape index (κ2) is 16.0. The van der Waals surface area contributed by atoms with E-state index < -0.39 is 18.0 Å². The van der Waals surface area contributed by atoms with Gasteiger partial charge in [0, 0.05) is 18.5 Å². The van der Waals surface area contributed by atoms with E-state index in [1.54, 1.807) is 18.2 Å². The maximum Gasteiger partial charge on any atom is 0.331 e. The van der Waals surface area contributed by atoms with Crippen LogP contribution in [0.1, 0.15) is 82.3 Å². The average molecular weight is 454 g/mol. The Kier molecular flexibility index (Phi) is 12.9. The van der Waals surface area contributed by atoms with Crippen molar-refractivity contribution in [2.45, 2.75) is 90.1 Å². The topological polar surface area (TPSA) is 75.6 Å². The number of rotatable bonds is 16. The fraction of sp³-hybridized carbons (Fsp3) is 0.500. The van der Waals surface area contributed by atoms with Gasteiger partial charge < -0.3 is 9.84 Å². The lowest BCUT2D eigenvalue weighted by Crippen LogP contribution is -2.40. The van der Waals surface area contributed by atoms with E-state index in [-0.39, 0.29) is 12.2 Å². The SMILES string of the molecule is CCCCCCCCCCCC(=O)OC(=O)[C@H](Cc1ccccc1)NCc1ccccc1O. The van der Waals surface area contributed by atoms with Crippen LogP contribution in [0.5, 0.6) is 5.75 Å². The molecule has 2 aromatic carbocycles. The molecule has 0 aliphatic rings. The van der Waals surface area contributed by atoms with Crippen molar-refractivity contribution in [1.29, 1.82) is 0 Å². The third-order valence-electron chi connectivity index (χ3n) is 5.80. The van der Waals surface area contributed by atoms with Gasteiger partial charge in [0.15, 0.2) is 0 Å². The molecule has 0 aromatic heterocycles. The molecule has 0 heterocycles. The van der Waals surface area contributed by atoms with Gasteiger partial charge in [0.25, 0.3) is 0 Å². The zero-order chi connectivity index (χ0) is 23.7. The van der Waals surface area contributed by atoms with Crippen LogP contribution in [0.4, 0.5) is 0 Å². The predicted molar refractivity (Wildman–Crippen MR) is 132 cm³/mol. The first-order valence-corrected chi connectivity index (χ1v) is 12.4. The minimum absolute atomic E-state index is 0.165. The Morgan fingerprint density at radius 1 is 0.848 bits per heavy atom. The highest BCUT2D eigenvalue weighted by Crippen LogP contribution is 2.16. The molecule has 0 saturated heterocycles. The van der Waals surface area contributed by atoms with Crippen molar-refractivity contribution in [3.8, 4) is 5.75 Å². The van der Waals surface area contributed by atoms with Crippen molar-refractivity contribution >= 4 is 11.9 Å². The van der Waals surface area contributed by atoms with Crippen molar-refractivity contribution in [3.63, 3.8) is 0 Å². The molecule has 5 heteroatoms. The van der Waals surface area contributed by atoms with Crippen molar-refractivity contribution < 1.29 is 19.4 Å². The van der Waals surface area contributed by atoms with E-state index in [4.69, 9.17) is 4.74 Å². The summed E-state index contributed by atoms with van der Waals surface area (Å²) in [5, 5.41) is 13.1. The van der Waals surface area contributed by atoms with Gasteiger partial charge in [-0.05, 0) is 24.5 Å². The van der Waals surface area contributed by atoms with Crippen LogP contribution in [0.3, 0.4) is 0 Å². The second-order valence-corrected chi connectivity index (χ2v) is 8.62. The predicted octanol–water partition coefficient (Wildman–Crippen LogP) is 6.08. The summed E-state index contributed by atoms with van der Waals surface area (Å²) in [5.41, 5.74) is 1.65. The van der Waals surface area contributed by atoms with Gasteiger partial charge in [-0.2, -0.15) is 0 Å². The zero-order valence-electron chi connectivity index (χ0n) is 19.9. The number of carbonyl (C=O) groups is 2. The van der Waals surface area contributed by atoms with E-state index in [9.17, 15) is 14.7 Å². The number of phenols is 1. The largest absolute Gasteiger partial charge is 0.508 e. The molecule has 1 atom stereocenters. The van der Waals surface area contributed by atoms with E-state index in [0.717, 1.165) is 24.8 Å². The molecule has 0 amide bonds. The molecule has 0 unspecified atom stereocenters. The molecule has 0 fully saturated rings. The Hall–Kier alpha value is -2.66. The van der Waals surface area contributed by atoms with Gasteiger partial charge in [0.05, 0.1) is 0 Å². The van der Waals surface area contributed by atoms with Crippen LogP contribution < -0.4 is 5.32 Å². The summed E-state index contributed by atoms with van der Waals surface area (Å²) in [6, 6.07) is 15.9. The number of para-hydroxylation sites is 1. The van der Waals surface area contributed by atoms with Gasteiger partial charge in [-0.25, -0.2) is 4.79 Å². The summed E-state index contributed by atoms with van der Waals surface area (Å²) in [5.74, 6) is -0.876. The number of hydrogen-bond donors (Lipinski definition) is 2. The summed E-state index contributed by atoms with van der Waals surface area (Å²) in [4.78, 5) is 25.0. The highest BCUT2D eigenvalue weighted by atomic mass is 16.6. The Morgan fingerprint density at radius 3 is 2.12 bits per heavy atom. The normalized spacial score (nSPS) is 11.8. The van der Waals surface area contributed by atoms with Gasteiger partial charge in [-0.15, -0.1) is 0 Å². The summed E-state index contributed by atoms with van der Waals surface area (Å²) >= 11 is 0. The highest BCUT2D eigenvalue weighted by molar-refractivity contribution is 5.88. The number of benzene rings is 2. The first-order valence-electron chi connectivity index (χ1n) is 12.4. The number of carbonyl (C=O) groups excluding carboxylic acids is 2. The average Bonchev–Trinajstić information content (AvgIpc) is 2.82. The van der Waals surface area contributed by atoms with Crippen LogP contribution in [0.2, 0.25) is 0 Å². The molecule has 2 aromatic rings. The van der Waals surface area contributed by atoms with Gasteiger partial charge in [0.1, 0.15) is 11.8 Å². The number of aromatic hydroxyl groups is 1. The summed E-state index contributed by atoms with van der Waals surface area (Å²) in [6.07, 6.45) is 11.1. The molecule has 33 heavy (non-hydrogen) atoms. The Morgan fingerprint density at radius 2 is 1.45 bits per heavy atom. The zero-order valence-corrected chi connectivity index (χ0v) is 19.9. The molecule has 2 N–H and O–H groups in total. The third-order valence-corrected chi connectivity index (χ3v) is 5.80. The van der Waals surface area contributed by atoms with Gasteiger partial charge in [-0.3, -0.25) is 10.1 Å². The van der Waals surface area contributed by atoms with E-state index >= 15 is 0 Å². The Bertz CT molecular complexity index is 822. The van der Waals surface area contributed by atoms with Crippen molar-refractivity contribution in [2.75, 3.05) is 0 Å². The summed E-state index contributed by atoms with van der Waals surface area (Å²) in [7, 11) is 0. The summed E-state index contributed by atoms with van der Waals surface area (Å²) in [6.45, 7) is 2.52. The highest BCUT2D eigenvalue weighted by Gasteiger charge is 2.23. The molecular formula is C28H39NO4. The Balaban J connectivity index is 1.77. The smallest absolute Gasteiger partial charge is 0.331 e. The molecule has 2 rings (SSSR count). The van der Waals surface area contributed by atoms with Crippen molar-refractivity contribution in [2.24, 2.45) is 0 Å². The molecule has 0 saturated carbocycles. The van der Waals surface area contributed by atoms with E-state index in [0.29, 0.717) is 18.5 Å². The quantitative estimate of drug-likeness (QED) is 0.183. The third kappa shape index (κ3) is 11.2. The van der Waals surface area contributed by atoms with Gasteiger partial charge >= 0.3 is 11.9 Å². The maximum absolute atomic E-state index is 12.8. The monoisotopic (exact) mass is 453 g/mol. The number of hydrogen-bond acceptors (Lipinski definition) is 5. The van der Waals surface area contributed by atoms with Gasteiger partial charge in [0.2, 0.25) is 0 Å². The van der Waals surface area contributed by atoms with Crippen LogP contribution in [0, 0.1) is 0 Å². The first kappa shape index (κ1) is 26.6. The first-order chi connectivity index (χ1) is 16.1. The van der Waals surface area contributed by atoms with E-state index in [1.807, 2.05) is 36.4 Å². The van der Waals surface area contributed by atoms with Crippen LogP contribution in [0.15, 0.2) is 54.6 Å². The molecule has 5 nitrogen and oxygen atoms in total. The molecule has 0 spiro atoms. The van der Waals surface area contributed by atoms with Crippen molar-refractivity contribution in [3.05, 3.63) is 65.7 Å². The fourth-order valence-corrected chi connectivity index (χ4v) is 3.80. The molecule has 0 radical (unpaired) electrons. The lowest BCUT2D eigenvalue weighted by Gasteiger charge is -2.18. The van der Waals surface area contributed by atoms with Crippen LogP contribution in [-0.2, 0) is 27.3 Å². The molecule has 0 aliphatic heterocycles. The second-order valence-electron chi connectivity index (χ2n) is 8.62. The lowest BCUT2D eigenvalue weighted by atomic mass is 10.1. The minimum atomic E-state index is -0.681. The fourth-order valence-electron chi connectivity index (χ4n) is 3.80.